The van der Waals surface area contributed by atoms with Crippen molar-refractivity contribution in [2.24, 2.45) is 0 Å². The summed E-state index contributed by atoms with van der Waals surface area (Å²) in [5.74, 6) is 0.815. The van der Waals surface area contributed by atoms with Gasteiger partial charge in [-0.15, -0.1) is 0 Å². The molecule has 2 fully saturated rings. The first-order valence-corrected chi connectivity index (χ1v) is 7.72. The van der Waals surface area contributed by atoms with Crippen molar-refractivity contribution in [2.45, 2.75) is 44.2 Å². The standard InChI is InChI=1S/C14H20N2OS/c1-10-6-12(11-4-5-18-9-11)7-16(10)8-14(17)15-13-2-3-13/h4-5,9-10,12-13H,2-3,6-8H2,1H3,(H,15,17). The first-order chi connectivity index (χ1) is 8.72. The second-order valence-corrected chi connectivity index (χ2v) is 6.39. The van der Waals surface area contributed by atoms with Gasteiger partial charge in [0.25, 0.3) is 0 Å². The van der Waals surface area contributed by atoms with Crippen LogP contribution in [0.25, 0.3) is 0 Å². The normalized spacial score (nSPS) is 28.5. The molecule has 18 heavy (non-hydrogen) atoms. The number of likely N-dealkylation sites (tertiary alicyclic amines) is 1. The maximum absolute atomic E-state index is 11.8. The largest absolute Gasteiger partial charge is 0.352 e. The lowest BCUT2D eigenvalue weighted by Gasteiger charge is -2.20. The second-order valence-electron chi connectivity index (χ2n) is 5.61. The van der Waals surface area contributed by atoms with Crippen molar-refractivity contribution in [2.75, 3.05) is 13.1 Å². The molecule has 1 N–H and O–H groups in total. The van der Waals surface area contributed by atoms with E-state index in [1.807, 2.05) is 0 Å². The molecule has 1 aromatic heterocycles. The molecule has 1 saturated heterocycles. The van der Waals surface area contributed by atoms with Crippen molar-refractivity contribution in [3.05, 3.63) is 22.4 Å². The van der Waals surface area contributed by atoms with Gasteiger partial charge in [-0.3, -0.25) is 9.69 Å². The third-order valence-electron chi connectivity index (χ3n) is 4.01. The van der Waals surface area contributed by atoms with Crippen LogP contribution >= 0.6 is 11.3 Å². The minimum absolute atomic E-state index is 0.204. The highest BCUT2D eigenvalue weighted by Gasteiger charge is 2.32. The highest BCUT2D eigenvalue weighted by molar-refractivity contribution is 7.07. The van der Waals surface area contributed by atoms with Crippen LogP contribution in [-0.2, 0) is 4.79 Å². The van der Waals surface area contributed by atoms with E-state index in [-0.39, 0.29) is 5.91 Å². The van der Waals surface area contributed by atoms with Crippen LogP contribution in [0.4, 0.5) is 0 Å². The van der Waals surface area contributed by atoms with Gasteiger partial charge in [-0.2, -0.15) is 11.3 Å². The maximum atomic E-state index is 11.8. The molecule has 0 spiro atoms. The molecule has 0 radical (unpaired) electrons. The van der Waals surface area contributed by atoms with Gasteiger partial charge in [-0.1, -0.05) is 0 Å². The van der Waals surface area contributed by atoms with Crippen LogP contribution in [0.2, 0.25) is 0 Å². The Hall–Kier alpha value is -0.870. The Balaban J connectivity index is 1.55. The van der Waals surface area contributed by atoms with Crippen LogP contribution in [0.15, 0.2) is 16.8 Å². The Labute approximate surface area is 112 Å². The van der Waals surface area contributed by atoms with Crippen LogP contribution in [0.3, 0.4) is 0 Å². The van der Waals surface area contributed by atoms with E-state index in [9.17, 15) is 4.79 Å². The maximum Gasteiger partial charge on any atom is 0.234 e. The number of nitrogens with one attached hydrogen (secondary N) is 1. The first-order valence-electron chi connectivity index (χ1n) is 6.78. The fourth-order valence-corrected chi connectivity index (χ4v) is 3.50. The second kappa shape index (κ2) is 5.02. The van der Waals surface area contributed by atoms with Gasteiger partial charge in [-0.25, -0.2) is 0 Å². The number of thiophene rings is 1. The van der Waals surface area contributed by atoms with Crippen LogP contribution in [0.5, 0.6) is 0 Å². The summed E-state index contributed by atoms with van der Waals surface area (Å²) in [5, 5.41) is 7.45. The van der Waals surface area contributed by atoms with Crippen molar-refractivity contribution < 1.29 is 4.79 Å². The van der Waals surface area contributed by atoms with E-state index >= 15 is 0 Å². The molecule has 3 nitrogen and oxygen atoms in total. The summed E-state index contributed by atoms with van der Waals surface area (Å²) in [4.78, 5) is 14.2. The van der Waals surface area contributed by atoms with Gasteiger partial charge in [-0.05, 0) is 54.5 Å². The number of carbonyl (C=O) groups excluding carboxylic acids is 1. The van der Waals surface area contributed by atoms with Gasteiger partial charge in [0.05, 0.1) is 6.54 Å². The monoisotopic (exact) mass is 264 g/mol. The molecule has 0 aromatic carbocycles. The number of nitrogens with zero attached hydrogens (tertiary/aromatic N) is 1. The van der Waals surface area contributed by atoms with E-state index in [1.54, 1.807) is 11.3 Å². The number of amides is 1. The van der Waals surface area contributed by atoms with Gasteiger partial charge < -0.3 is 5.32 Å². The van der Waals surface area contributed by atoms with E-state index in [0.29, 0.717) is 24.5 Å². The van der Waals surface area contributed by atoms with Crippen molar-refractivity contribution in [3.63, 3.8) is 0 Å². The predicted octanol–water partition coefficient (Wildman–Crippen LogP) is 2.20. The smallest absolute Gasteiger partial charge is 0.234 e. The van der Waals surface area contributed by atoms with E-state index in [1.165, 1.54) is 24.8 Å². The Morgan fingerprint density at radius 1 is 1.56 bits per heavy atom. The summed E-state index contributed by atoms with van der Waals surface area (Å²) in [5.41, 5.74) is 1.44. The third-order valence-corrected chi connectivity index (χ3v) is 4.71. The summed E-state index contributed by atoms with van der Waals surface area (Å²) in [6.45, 7) is 3.82. The third kappa shape index (κ3) is 2.75. The molecule has 1 amide bonds. The zero-order valence-corrected chi connectivity index (χ0v) is 11.6. The van der Waals surface area contributed by atoms with Crippen LogP contribution < -0.4 is 5.32 Å². The molecule has 2 aliphatic rings. The van der Waals surface area contributed by atoms with Gasteiger partial charge in [0.1, 0.15) is 0 Å². The minimum atomic E-state index is 0.204. The number of hydrogen-bond acceptors (Lipinski definition) is 3. The van der Waals surface area contributed by atoms with E-state index in [0.717, 1.165) is 6.54 Å². The van der Waals surface area contributed by atoms with Crippen molar-refractivity contribution in [1.82, 2.24) is 10.2 Å². The zero-order chi connectivity index (χ0) is 12.5. The summed E-state index contributed by atoms with van der Waals surface area (Å²) in [6.07, 6.45) is 3.51. The number of hydrogen-bond donors (Lipinski definition) is 1. The van der Waals surface area contributed by atoms with E-state index < -0.39 is 0 Å². The first kappa shape index (κ1) is 12.2. The molecular formula is C14H20N2OS. The van der Waals surface area contributed by atoms with Crippen molar-refractivity contribution in [3.8, 4) is 0 Å². The highest BCUT2D eigenvalue weighted by atomic mass is 32.1. The summed E-state index contributed by atoms with van der Waals surface area (Å²) < 4.78 is 0. The predicted molar refractivity (Wildman–Crippen MR) is 73.9 cm³/mol. The Kier molecular flexibility index (Phi) is 3.39. The molecule has 2 unspecified atom stereocenters. The molecule has 2 atom stereocenters. The van der Waals surface area contributed by atoms with Gasteiger partial charge in [0, 0.05) is 18.6 Å². The summed E-state index contributed by atoms with van der Waals surface area (Å²) in [7, 11) is 0. The summed E-state index contributed by atoms with van der Waals surface area (Å²) >= 11 is 1.76. The number of rotatable bonds is 4. The number of carbonyl (C=O) groups is 1. The van der Waals surface area contributed by atoms with Crippen LogP contribution in [-0.4, -0.2) is 36.0 Å². The average Bonchev–Trinajstić information content (AvgIpc) is 2.86. The molecule has 3 rings (SSSR count). The van der Waals surface area contributed by atoms with Crippen LogP contribution in [0, 0.1) is 0 Å². The molecular weight excluding hydrogens is 244 g/mol. The van der Waals surface area contributed by atoms with Gasteiger partial charge in [0.2, 0.25) is 5.91 Å². The quantitative estimate of drug-likeness (QED) is 0.904. The Morgan fingerprint density at radius 2 is 2.39 bits per heavy atom. The Morgan fingerprint density at radius 3 is 3.06 bits per heavy atom. The summed E-state index contributed by atoms with van der Waals surface area (Å²) in [6, 6.07) is 3.21. The van der Waals surface area contributed by atoms with E-state index in [4.69, 9.17) is 0 Å². The average molecular weight is 264 g/mol. The molecule has 0 bridgehead atoms. The van der Waals surface area contributed by atoms with Crippen LogP contribution in [0.1, 0.15) is 37.7 Å². The fourth-order valence-electron chi connectivity index (χ4n) is 2.75. The van der Waals surface area contributed by atoms with Gasteiger partial charge >= 0.3 is 0 Å². The lowest BCUT2D eigenvalue weighted by Crippen LogP contribution is -2.39. The molecule has 1 aliphatic carbocycles. The highest BCUT2D eigenvalue weighted by Crippen LogP contribution is 2.32. The molecule has 1 aliphatic heterocycles. The van der Waals surface area contributed by atoms with E-state index in [2.05, 4.69) is 34.0 Å². The molecule has 1 aromatic rings. The fraction of sp³-hybridized carbons (Fsp3) is 0.643. The van der Waals surface area contributed by atoms with Gasteiger partial charge in [0.15, 0.2) is 0 Å². The Bertz CT molecular complexity index is 413. The topological polar surface area (TPSA) is 32.3 Å². The SMILES string of the molecule is CC1CC(c2ccsc2)CN1CC(=O)NC1CC1. The zero-order valence-electron chi connectivity index (χ0n) is 10.8. The van der Waals surface area contributed by atoms with Crippen molar-refractivity contribution in [1.29, 1.82) is 0 Å². The molecule has 1 saturated carbocycles. The molecule has 98 valence electrons. The molecule has 4 heteroatoms. The lowest BCUT2D eigenvalue weighted by molar-refractivity contribution is -0.122. The minimum Gasteiger partial charge on any atom is -0.352 e. The molecule has 2 heterocycles. The van der Waals surface area contributed by atoms with Crippen molar-refractivity contribution >= 4 is 17.2 Å². The lowest BCUT2D eigenvalue weighted by atomic mass is 10.00.